The normalized spacial score (nSPS) is 13.3. The van der Waals surface area contributed by atoms with Crippen LogP contribution in [0.3, 0.4) is 0 Å². The molecule has 36 heavy (non-hydrogen) atoms. The first-order chi connectivity index (χ1) is 17.1. The Balaban J connectivity index is 1.44. The number of aromatic nitrogens is 5. The Labute approximate surface area is 196 Å². The Morgan fingerprint density at radius 2 is 2.03 bits per heavy atom. The Kier molecular flexibility index (Phi) is 5.41. The highest BCUT2D eigenvalue weighted by Gasteiger charge is 2.31. The lowest BCUT2D eigenvalue weighted by Crippen LogP contribution is -2.26. The standard InChI is InChI=1S/C20H13F4N7O5/c21-10-6-26-31-13(18-29-30(19(34)36-18)8-20(22,23)24)4-12(28-16(10)31)17(33)25-5-9-1-2-14-11(3-9)27-15(32)7-35-14/h1-4,6H,5,7-8H2,(H,25,33)(H,27,32). The monoisotopic (exact) mass is 507 g/mol. The Hall–Kier alpha value is -4.76. The second-order valence-corrected chi connectivity index (χ2v) is 7.55. The summed E-state index contributed by atoms with van der Waals surface area (Å²) >= 11 is 0. The highest BCUT2D eigenvalue weighted by molar-refractivity contribution is 5.95. The zero-order chi connectivity index (χ0) is 25.6. The molecule has 0 fully saturated rings. The molecule has 1 aliphatic heterocycles. The molecule has 0 aliphatic carbocycles. The maximum absolute atomic E-state index is 14.2. The number of nitrogens with zero attached hydrogens (tertiary/aromatic N) is 5. The quantitative estimate of drug-likeness (QED) is 0.387. The number of amides is 2. The van der Waals surface area contributed by atoms with Crippen LogP contribution in [0.2, 0.25) is 0 Å². The van der Waals surface area contributed by atoms with E-state index >= 15 is 0 Å². The van der Waals surface area contributed by atoms with Gasteiger partial charge in [0.15, 0.2) is 18.1 Å². The molecule has 3 aromatic heterocycles. The van der Waals surface area contributed by atoms with E-state index in [1.54, 1.807) is 18.2 Å². The number of alkyl halides is 3. The van der Waals surface area contributed by atoms with E-state index in [9.17, 15) is 31.9 Å². The predicted molar refractivity (Wildman–Crippen MR) is 110 cm³/mol. The van der Waals surface area contributed by atoms with Crippen LogP contribution in [0, 0.1) is 5.82 Å². The van der Waals surface area contributed by atoms with Gasteiger partial charge in [-0.1, -0.05) is 6.07 Å². The molecule has 186 valence electrons. The van der Waals surface area contributed by atoms with E-state index < -0.39 is 41.7 Å². The zero-order valence-electron chi connectivity index (χ0n) is 17.8. The number of hydrogen-bond acceptors (Lipinski definition) is 8. The van der Waals surface area contributed by atoms with Crippen LogP contribution in [-0.4, -0.2) is 49.0 Å². The Morgan fingerprint density at radius 1 is 1.22 bits per heavy atom. The van der Waals surface area contributed by atoms with E-state index in [4.69, 9.17) is 9.15 Å². The topological polar surface area (TPSA) is 146 Å². The van der Waals surface area contributed by atoms with Crippen LogP contribution in [0.4, 0.5) is 23.2 Å². The number of rotatable bonds is 5. The van der Waals surface area contributed by atoms with Gasteiger partial charge in [0.1, 0.15) is 23.7 Å². The molecule has 0 saturated heterocycles. The first-order valence-electron chi connectivity index (χ1n) is 10.1. The van der Waals surface area contributed by atoms with Gasteiger partial charge in [-0.2, -0.15) is 23.0 Å². The first kappa shape index (κ1) is 23.0. The Morgan fingerprint density at radius 3 is 2.81 bits per heavy atom. The minimum Gasteiger partial charge on any atom is -0.482 e. The van der Waals surface area contributed by atoms with Crippen molar-refractivity contribution in [2.45, 2.75) is 19.3 Å². The van der Waals surface area contributed by atoms with Gasteiger partial charge in [0, 0.05) is 12.6 Å². The van der Waals surface area contributed by atoms with Crippen molar-refractivity contribution in [3.05, 3.63) is 58.1 Å². The number of halogens is 4. The summed E-state index contributed by atoms with van der Waals surface area (Å²) in [6.07, 6.45) is -3.98. The molecule has 0 bridgehead atoms. The van der Waals surface area contributed by atoms with Gasteiger partial charge in [0.05, 0.1) is 11.9 Å². The molecular formula is C20H13F4N7O5. The summed E-state index contributed by atoms with van der Waals surface area (Å²) in [5, 5.41) is 12.4. The number of hydrogen-bond donors (Lipinski definition) is 2. The van der Waals surface area contributed by atoms with Crippen molar-refractivity contribution in [1.29, 1.82) is 0 Å². The van der Waals surface area contributed by atoms with Crippen LogP contribution in [-0.2, 0) is 17.9 Å². The van der Waals surface area contributed by atoms with E-state index in [1.165, 1.54) is 0 Å². The fourth-order valence-corrected chi connectivity index (χ4v) is 3.40. The lowest BCUT2D eigenvalue weighted by atomic mass is 10.1. The van der Waals surface area contributed by atoms with Gasteiger partial charge in [-0.25, -0.2) is 18.7 Å². The lowest BCUT2D eigenvalue weighted by Gasteiger charge is -2.18. The molecule has 1 aromatic carbocycles. The van der Waals surface area contributed by atoms with Crippen molar-refractivity contribution >= 4 is 23.1 Å². The number of anilines is 1. The van der Waals surface area contributed by atoms with E-state index in [1.807, 2.05) is 0 Å². The van der Waals surface area contributed by atoms with Crippen LogP contribution >= 0.6 is 0 Å². The number of ether oxygens (including phenoxy) is 1. The molecule has 12 nitrogen and oxygen atoms in total. The zero-order valence-corrected chi connectivity index (χ0v) is 17.8. The van der Waals surface area contributed by atoms with Crippen molar-refractivity contribution in [3.63, 3.8) is 0 Å². The maximum atomic E-state index is 14.2. The molecule has 0 radical (unpaired) electrons. The average Bonchev–Trinajstić information content (AvgIpc) is 3.37. The van der Waals surface area contributed by atoms with Gasteiger partial charge in [0.2, 0.25) is 0 Å². The third-order valence-corrected chi connectivity index (χ3v) is 4.95. The molecule has 5 rings (SSSR count). The molecule has 0 unspecified atom stereocenters. The molecule has 2 amide bonds. The van der Waals surface area contributed by atoms with Gasteiger partial charge in [-0.3, -0.25) is 9.59 Å². The molecule has 16 heteroatoms. The van der Waals surface area contributed by atoms with Gasteiger partial charge >= 0.3 is 11.9 Å². The van der Waals surface area contributed by atoms with Crippen molar-refractivity contribution in [2.24, 2.45) is 0 Å². The molecule has 4 aromatic rings. The molecule has 0 atom stereocenters. The van der Waals surface area contributed by atoms with Crippen LogP contribution in [0.1, 0.15) is 16.1 Å². The average molecular weight is 507 g/mol. The minimum atomic E-state index is -4.75. The van der Waals surface area contributed by atoms with Crippen molar-refractivity contribution in [3.8, 4) is 17.3 Å². The van der Waals surface area contributed by atoms with E-state index in [0.717, 1.165) is 16.8 Å². The van der Waals surface area contributed by atoms with E-state index in [2.05, 4.69) is 25.8 Å². The summed E-state index contributed by atoms with van der Waals surface area (Å²) in [6.45, 7) is -1.85. The van der Waals surface area contributed by atoms with E-state index in [0.29, 0.717) is 17.0 Å². The van der Waals surface area contributed by atoms with Gasteiger partial charge < -0.3 is 19.8 Å². The number of carbonyl (C=O) groups excluding carboxylic acids is 2. The highest BCUT2D eigenvalue weighted by atomic mass is 19.4. The molecule has 0 saturated carbocycles. The van der Waals surface area contributed by atoms with Crippen molar-refractivity contribution in [2.75, 3.05) is 11.9 Å². The lowest BCUT2D eigenvalue weighted by molar-refractivity contribution is -0.143. The van der Waals surface area contributed by atoms with Crippen molar-refractivity contribution in [1.82, 2.24) is 29.7 Å². The molecule has 2 N–H and O–H groups in total. The summed E-state index contributed by atoms with van der Waals surface area (Å²) < 4.78 is 63.3. The Bertz CT molecular complexity index is 1570. The van der Waals surface area contributed by atoms with Gasteiger partial charge in [-0.05, 0) is 17.7 Å². The summed E-state index contributed by atoms with van der Waals surface area (Å²) in [4.78, 5) is 40.0. The van der Waals surface area contributed by atoms with Crippen LogP contribution in [0.15, 0.2) is 39.7 Å². The summed E-state index contributed by atoms with van der Waals surface area (Å²) in [6, 6.07) is 5.89. The molecule has 0 spiro atoms. The predicted octanol–water partition coefficient (Wildman–Crippen LogP) is 1.51. The third-order valence-electron chi connectivity index (χ3n) is 4.95. The third kappa shape index (κ3) is 4.47. The fourth-order valence-electron chi connectivity index (χ4n) is 3.40. The molecular weight excluding hydrogens is 494 g/mol. The van der Waals surface area contributed by atoms with Gasteiger partial charge in [0.25, 0.3) is 17.7 Å². The van der Waals surface area contributed by atoms with Crippen molar-refractivity contribution < 1.29 is 36.3 Å². The largest absolute Gasteiger partial charge is 0.482 e. The fraction of sp³-hybridized carbons (Fsp3) is 0.200. The summed E-state index contributed by atoms with van der Waals surface area (Å²) in [5.74, 6) is -3.62. The maximum Gasteiger partial charge on any atom is 0.437 e. The second kappa shape index (κ2) is 8.47. The minimum absolute atomic E-state index is 0.0266. The smallest absolute Gasteiger partial charge is 0.437 e. The SMILES string of the molecule is O=C1COc2ccc(CNC(=O)c3cc(-c4nn(CC(F)(F)F)c(=O)o4)n4ncc(F)c4n3)cc2N1. The van der Waals surface area contributed by atoms with Crippen LogP contribution in [0.5, 0.6) is 5.75 Å². The second-order valence-electron chi connectivity index (χ2n) is 7.55. The highest BCUT2D eigenvalue weighted by Crippen LogP contribution is 2.28. The van der Waals surface area contributed by atoms with Crippen LogP contribution in [0.25, 0.3) is 17.2 Å². The number of benzene rings is 1. The number of nitrogens with one attached hydrogen (secondary N) is 2. The molecule has 1 aliphatic rings. The number of carbonyl (C=O) groups is 2. The molecule has 4 heterocycles. The van der Waals surface area contributed by atoms with E-state index in [-0.39, 0.29) is 35.1 Å². The summed E-state index contributed by atoms with van der Waals surface area (Å²) in [7, 11) is 0. The summed E-state index contributed by atoms with van der Waals surface area (Å²) in [5.41, 5.74) is -0.0631. The number of fused-ring (bicyclic) bond motifs is 2. The van der Waals surface area contributed by atoms with Crippen LogP contribution < -0.4 is 21.1 Å². The first-order valence-corrected chi connectivity index (χ1v) is 10.1. The van der Waals surface area contributed by atoms with Gasteiger partial charge in [-0.15, -0.1) is 5.10 Å².